The highest BCUT2D eigenvalue weighted by atomic mass is 28.3. The van der Waals surface area contributed by atoms with E-state index in [1.807, 2.05) is 0 Å². The Hall–Kier alpha value is -6.92. The first-order valence-corrected chi connectivity index (χ1v) is 30.8. The van der Waals surface area contributed by atoms with E-state index in [4.69, 9.17) is 0 Å². The highest BCUT2D eigenvalue weighted by Gasteiger charge is 2.55. The highest BCUT2D eigenvalue weighted by molar-refractivity contribution is 7.02. The summed E-state index contributed by atoms with van der Waals surface area (Å²) in [6.45, 7) is 15.2. The molecule has 0 atom stereocenters. The lowest BCUT2D eigenvalue weighted by Gasteiger charge is -2.44. The second-order valence-electron chi connectivity index (χ2n) is 21.6. The maximum atomic E-state index is 2.80. The Labute approximate surface area is 387 Å². The van der Waals surface area contributed by atoms with Crippen LogP contribution in [0.3, 0.4) is 0 Å². The molecule has 2 nitrogen and oxygen atoms in total. The van der Waals surface area contributed by atoms with Gasteiger partial charge in [-0.25, -0.2) is 0 Å². The molecule has 1 spiro atoms. The van der Waals surface area contributed by atoms with Gasteiger partial charge in [-0.3, -0.25) is 0 Å². The molecule has 1 aliphatic carbocycles. The molecule has 15 rings (SSSR count). The van der Waals surface area contributed by atoms with Gasteiger partial charge in [-0.15, -0.1) is 0 Å². The van der Waals surface area contributed by atoms with Gasteiger partial charge >= 0.3 is 0 Å². The SMILES string of the molecule is C[Si](C)(C)c1cc2c3c(c1)c1cc([Si](C)(C)C)cc4c1n3-c1c(ccc3c1B2c1c2ccccc2cc2c(-c5ccccc5)c(-c5ccccc5)n-3c12)C41c2ccccc2-c2ccccc21. The van der Waals surface area contributed by atoms with Gasteiger partial charge in [0.25, 0.3) is 6.71 Å². The number of fused-ring (bicyclic) bond motifs is 13. The van der Waals surface area contributed by atoms with Gasteiger partial charge in [0.1, 0.15) is 0 Å². The molecular formula is C61H47BN2Si2. The Balaban J connectivity index is 1.24. The molecule has 3 aliphatic heterocycles. The van der Waals surface area contributed by atoms with Crippen molar-refractivity contribution in [3.8, 4) is 44.9 Å². The Bertz CT molecular complexity index is 3970. The molecule has 5 heteroatoms. The first-order valence-electron chi connectivity index (χ1n) is 23.8. The number of rotatable bonds is 4. The molecule has 5 heterocycles. The minimum atomic E-state index is -1.85. The molecule has 9 aromatic carbocycles. The van der Waals surface area contributed by atoms with Gasteiger partial charge in [-0.2, -0.15) is 0 Å². The highest BCUT2D eigenvalue weighted by Crippen LogP contribution is 2.61. The lowest BCUT2D eigenvalue weighted by molar-refractivity contribution is 0.750. The molecule has 0 saturated carbocycles. The number of nitrogens with zero attached hydrogens (tertiary/aromatic N) is 2. The molecular weight excluding hydrogens is 828 g/mol. The summed E-state index contributed by atoms with van der Waals surface area (Å²) in [6, 6.07) is 68.7. The summed E-state index contributed by atoms with van der Waals surface area (Å²) in [5.41, 5.74) is 24.0. The summed E-state index contributed by atoms with van der Waals surface area (Å²) in [5, 5.41) is 9.86. The van der Waals surface area contributed by atoms with Crippen molar-refractivity contribution >= 4 is 93.1 Å². The molecule has 0 saturated heterocycles. The van der Waals surface area contributed by atoms with Crippen molar-refractivity contribution in [2.45, 2.75) is 44.7 Å². The van der Waals surface area contributed by atoms with Gasteiger partial charge in [-0.05, 0) is 83.8 Å². The maximum Gasteiger partial charge on any atom is 0.253 e. The van der Waals surface area contributed by atoms with Crippen molar-refractivity contribution < 1.29 is 0 Å². The summed E-state index contributed by atoms with van der Waals surface area (Å²) < 4.78 is 5.51. The third-order valence-corrected chi connectivity index (χ3v) is 20.2. The molecule has 0 bridgehead atoms. The summed E-state index contributed by atoms with van der Waals surface area (Å²) in [5.74, 6) is 0. The van der Waals surface area contributed by atoms with Crippen molar-refractivity contribution in [2.75, 3.05) is 0 Å². The van der Waals surface area contributed by atoms with E-state index >= 15 is 0 Å². The molecule has 66 heavy (non-hydrogen) atoms. The maximum absolute atomic E-state index is 2.80. The molecule has 0 N–H and O–H groups in total. The fourth-order valence-corrected chi connectivity index (χ4v) is 15.7. The molecule has 0 unspecified atom stereocenters. The smallest absolute Gasteiger partial charge is 0.253 e. The van der Waals surface area contributed by atoms with Crippen molar-refractivity contribution in [2.24, 2.45) is 0 Å². The lowest BCUT2D eigenvalue weighted by atomic mass is 9.33. The van der Waals surface area contributed by atoms with Crippen LogP contribution in [0.15, 0.2) is 176 Å². The Morgan fingerprint density at radius 3 is 1.70 bits per heavy atom. The van der Waals surface area contributed by atoms with Crippen LogP contribution in [0.4, 0.5) is 0 Å². The molecule has 0 fully saturated rings. The van der Waals surface area contributed by atoms with Gasteiger partial charge in [0.2, 0.25) is 0 Å². The largest absolute Gasteiger partial charge is 0.310 e. The Morgan fingerprint density at radius 1 is 0.424 bits per heavy atom. The monoisotopic (exact) mass is 874 g/mol. The second kappa shape index (κ2) is 12.3. The van der Waals surface area contributed by atoms with Crippen molar-refractivity contribution in [1.82, 2.24) is 9.13 Å². The van der Waals surface area contributed by atoms with Crippen molar-refractivity contribution in [1.29, 1.82) is 0 Å². The van der Waals surface area contributed by atoms with Crippen LogP contribution in [0.1, 0.15) is 22.3 Å². The summed E-state index contributed by atoms with van der Waals surface area (Å²) in [4.78, 5) is 0. The van der Waals surface area contributed by atoms with Crippen LogP contribution in [0.2, 0.25) is 39.3 Å². The zero-order valence-electron chi connectivity index (χ0n) is 38.2. The van der Waals surface area contributed by atoms with Gasteiger partial charge in [-0.1, -0.05) is 213 Å². The van der Waals surface area contributed by atoms with E-state index in [0.29, 0.717) is 0 Å². The molecule has 0 amide bonds. The first kappa shape index (κ1) is 37.3. The topological polar surface area (TPSA) is 9.86 Å². The summed E-state index contributed by atoms with van der Waals surface area (Å²) in [7, 11) is -3.68. The Morgan fingerprint density at radius 2 is 1.02 bits per heavy atom. The van der Waals surface area contributed by atoms with Crippen LogP contribution < -0.4 is 26.8 Å². The fraction of sp³-hybridized carbons (Fsp3) is 0.115. The summed E-state index contributed by atoms with van der Waals surface area (Å²) in [6.07, 6.45) is 0. The van der Waals surface area contributed by atoms with Crippen molar-refractivity contribution in [3.05, 3.63) is 198 Å². The van der Waals surface area contributed by atoms with E-state index in [1.165, 1.54) is 137 Å². The van der Waals surface area contributed by atoms with Crippen LogP contribution in [-0.2, 0) is 5.41 Å². The predicted octanol–water partition coefficient (Wildman–Crippen LogP) is 12.1. The number of hydrogen-bond acceptors (Lipinski definition) is 0. The van der Waals surface area contributed by atoms with E-state index in [-0.39, 0.29) is 6.71 Å². The number of hydrogen-bond donors (Lipinski definition) is 0. The van der Waals surface area contributed by atoms with E-state index < -0.39 is 21.6 Å². The van der Waals surface area contributed by atoms with E-state index in [9.17, 15) is 0 Å². The summed E-state index contributed by atoms with van der Waals surface area (Å²) >= 11 is 0. The normalized spacial score (nSPS) is 14.6. The fourth-order valence-electron chi connectivity index (χ4n) is 13.4. The zero-order valence-corrected chi connectivity index (χ0v) is 40.2. The average molecular weight is 875 g/mol. The minimum Gasteiger partial charge on any atom is -0.310 e. The Kier molecular flexibility index (Phi) is 6.95. The molecule has 312 valence electrons. The zero-order chi connectivity index (χ0) is 44.2. The average Bonchev–Trinajstić information content (AvgIpc) is 3.96. The van der Waals surface area contributed by atoms with E-state index in [1.54, 1.807) is 0 Å². The van der Waals surface area contributed by atoms with Gasteiger partial charge < -0.3 is 9.13 Å². The molecule has 2 aromatic heterocycles. The predicted molar refractivity (Wildman–Crippen MR) is 287 cm³/mol. The van der Waals surface area contributed by atoms with Crippen LogP contribution in [0, 0.1) is 0 Å². The lowest BCUT2D eigenvalue weighted by Crippen LogP contribution is -2.61. The van der Waals surface area contributed by atoms with Crippen molar-refractivity contribution in [3.63, 3.8) is 0 Å². The van der Waals surface area contributed by atoms with Crippen LogP contribution >= 0.6 is 0 Å². The quantitative estimate of drug-likeness (QED) is 0.156. The van der Waals surface area contributed by atoms with Gasteiger partial charge in [0.15, 0.2) is 0 Å². The van der Waals surface area contributed by atoms with Crippen LogP contribution in [0.25, 0.3) is 88.4 Å². The standard InChI is InChI=1S/C61H47BN2Si2/c1-65(2,3)39-32-44-45-33-40(66(4,5)6)35-51-58(45)64-57(44)50(34-39)61(47-27-17-15-25-42(47)43-26-16-18-28-48(43)61)49-29-30-52-55(60(49)64)62(51)54-41-24-14-13-23-38(41)31-46-53(36-19-9-7-10-20-36)56(63(52)59(46)54)37-21-11-8-12-22-37/h7-35H,1-6H3. The van der Waals surface area contributed by atoms with Crippen LogP contribution in [-0.4, -0.2) is 32.0 Å². The third-order valence-electron chi connectivity index (χ3n) is 16.2. The third kappa shape index (κ3) is 4.35. The minimum absolute atomic E-state index is 0.00996. The molecule has 0 radical (unpaired) electrons. The van der Waals surface area contributed by atoms with E-state index in [2.05, 4.69) is 224 Å². The second-order valence-corrected chi connectivity index (χ2v) is 31.7. The van der Waals surface area contributed by atoms with Gasteiger partial charge in [0.05, 0.1) is 38.3 Å². The molecule has 11 aromatic rings. The first-order chi connectivity index (χ1) is 32.0. The molecule has 4 aliphatic rings. The van der Waals surface area contributed by atoms with E-state index in [0.717, 1.165) is 0 Å². The number of aromatic nitrogens is 2. The van der Waals surface area contributed by atoms with Gasteiger partial charge in [0, 0.05) is 38.6 Å². The van der Waals surface area contributed by atoms with Crippen LogP contribution in [0.5, 0.6) is 0 Å². The number of benzene rings is 9.